The Labute approximate surface area is 111 Å². The van der Waals surface area contributed by atoms with Gasteiger partial charge in [0.25, 0.3) is 5.56 Å². The first-order valence-corrected chi connectivity index (χ1v) is 7.09. The summed E-state index contributed by atoms with van der Waals surface area (Å²) in [7, 11) is 0. The molecule has 0 aromatic carbocycles. The Bertz CT molecular complexity index is 545. The van der Waals surface area contributed by atoms with Crippen LogP contribution in [0, 0.1) is 0 Å². The molecule has 0 amide bonds. The second kappa shape index (κ2) is 5.87. The summed E-state index contributed by atoms with van der Waals surface area (Å²) in [6.07, 6.45) is 2.86. The van der Waals surface area contributed by atoms with Crippen LogP contribution in [0.4, 0.5) is 5.69 Å². The van der Waals surface area contributed by atoms with Gasteiger partial charge in [0.15, 0.2) is 0 Å². The van der Waals surface area contributed by atoms with Crippen LogP contribution in [0.15, 0.2) is 40.6 Å². The Balaban J connectivity index is 2.14. The molecule has 0 saturated heterocycles. The van der Waals surface area contributed by atoms with Gasteiger partial charge in [0.05, 0.1) is 11.7 Å². The minimum absolute atomic E-state index is 0.0613. The number of aromatic nitrogens is 1. The highest BCUT2D eigenvalue weighted by Gasteiger charge is 2.06. The Morgan fingerprint density at radius 3 is 2.89 bits per heavy atom. The molecule has 0 fully saturated rings. The Morgan fingerprint density at radius 2 is 2.22 bits per heavy atom. The zero-order valence-corrected chi connectivity index (χ0v) is 11.5. The van der Waals surface area contributed by atoms with E-state index in [0.29, 0.717) is 0 Å². The molecule has 18 heavy (non-hydrogen) atoms. The van der Waals surface area contributed by atoms with Crippen LogP contribution in [0.2, 0.25) is 0 Å². The van der Waals surface area contributed by atoms with Crippen molar-refractivity contribution in [3.05, 3.63) is 51.1 Å². The zero-order valence-electron chi connectivity index (χ0n) is 10.7. The molecule has 1 N–H and O–H groups in total. The predicted molar refractivity (Wildman–Crippen MR) is 77.3 cm³/mol. The van der Waals surface area contributed by atoms with Gasteiger partial charge < -0.3 is 9.88 Å². The minimum atomic E-state index is 0.0613. The first kappa shape index (κ1) is 12.9. The Morgan fingerprint density at radius 1 is 1.39 bits per heavy atom. The minimum Gasteiger partial charge on any atom is -0.377 e. The smallest absolute Gasteiger partial charge is 0.250 e. The lowest BCUT2D eigenvalue weighted by Crippen LogP contribution is -2.19. The van der Waals surface area contributed by atoms with Crippen LogP contribution in [0.1, 0.15) is 31.2 Å². The van der Waals surface area contributed by atoms with Gasteiger partial charge in [-0.25, -0.2) is 0 Å². The molecule has 0 radical (unpaired) electrons. The van der Waals surface area contributed by atoms with Gasteiger partial charge in [-0.1, -0.05) is 13.0 Å². The summed E-state index contributed by atoms with van der Waals surface area (Å²) < 4.78 is 1.75. The number of rotatable bonds is 5. The summed E-state index contributed by atoms with van der Waals surface area (Å²) in [5.74, 6) is 0. The molecule has 0 bridgehead atoms. The van der Waals surface area contributed by atoms with Crippen LogP contribution < -0.4 is 10.9 Å². The van der Waals surface area contributed by atoms with Gasteiger partial charge >= 0.3 is 0 Å². The maximum absolute atomic E-state index is 11.6. The first-order valence-electron chi connectivity index (χ1n) is 6.21. The number of pyridine rings is 1. The van der Waals surface area contributed by atoms with Crippen molar-refractivity contribution in [3.8, 4) is 0 Å². The van der Waals surface area contributed by atoms with Crippen LogP contribution in [0.5, 0.6) is 0 Å². The molecular weight excluding hydrogens is 244 g/mol. The topological polar surface area (TPSA) is 34.0 Å². The Hall–Kier alpha value is -1.55. The summed E-state index contributed by atoms with van der Waals surface area (Å²) in [5.41, 5.74) is 1.05. The molecule has 1 unspecified atom stereocenters. The van der Waals surface area contributed by atoms with E-state index < -0.39 is 0 Å². The van der Waals surface area contributed by atoms with E-state index in [9.17, 15) is 4.79 Å². The highest BCUT2D eigenvalue weighted by molar-refractivity contribution is 7.10. The van der Waals surface area contributed by atoms with Crippen molar-refractivity contribution in [1.82, 2.24) is 4.57 Å². The standard InChI is InChI=1S/C14H18N2OS/c1-3-8-16-10-12(6-7-14(16)17)15-11(2)13-5-4-9-18-13/h4-7,9-11,15H,3,8H2,1-2H3. The molecule has 1 atom stereocenters. The number of hydrogen-bond donors (Lipinski definition) is 1. The zero-order chi connectivity index (χ0) is 13.0. The average molecular weight is 262 g/mol. The van der Waals surface area contributed by atoms with Gasteiger partial charge in [-0.15, -0.1) is 11.3 Å². The van der Waals surface area contributed by atoms with Crippen molar-refractivity contribution in [2.45, 2.75) is 32.9 Å². The molecule has 2 rings (SSSR count). The molecule has 2 heterocycles. The normalized spacial score (nSPS) is 12.3. The van der Waals surface area contributed by atoms with Gasteiger partial charge in [0, 0.05) is 23.7 Å². The van der Waals surface area contributed by atoms with Crippen LogP contribution >= 0.6 is 11.3 Å². The van der Waals surface area contributed by atoms with Crippen molar-refractivity contribution >= 4 is 17.0 Å². The fourth-order valence-corrected chi connectivity index (χ4v) is 2.63. The number of nitrogens with one attached hydrogen (secondary N) is 1. The van der Waals surface area contributed by atoms with Crippen molar-refractivity contribution in [1.29, 1.82) is 0 Å². The molecule has 0 aliphatic rings. The number of aryl methyl sites for hydroxylation is 1. The molecular formula is C14H18N2OS. The third kappa shape index (κ3) is 3.01. The molecule has 3 nitrogen and oxygen atoms in total. The van der Waals surface area contributed by atoms with Gasteiger partial charge in [-0.05, 0) is 30.9 Å². The molecule has 4 heteroatoms. The van der Waals surface area contributed by atoms with Gasteiger partial charge in [0.2, 0.25) is 0 Å². The van der Waals surface area contributed by atoms with E-state index in [0.717, 1.165) is 18.7 Å². The maximum Gasteiger partial charge on any atom is 0.250 e. The molecule has 0 saturated carbocycles. The Kier molecular flexibility index (Phi) is 4.20. The number of anilines is 1. The highest BCUT2D eigenvalue weighted by Crippen LogP contribution is 2.22. The summed E-state index contributed by atoms with van der Waals surface area (Å²) in [4.78, 5) is 12.9. The summed E-state index contributed by atoms with van der Waals surface area (Å²) in [6, 6.07) is 7.90. The van der Waals surface area contributed by atoms with Crippen LogP contribution in [-0.4, -0.2) is 4.57 Å². The fourth-order valence-electron chi connectivity index (χ4n) is 1.89. The second-order valence-corrected chi connectivity index (χ2v) is 5.31. The molecule has 0 aliphatic heterocycles. The van der Waals surface area contributed by atoms with Crippen molar-refractivity contribution in [2.24, 2.45) is 0 Å². The predicted octanol–water partition coefficient (Wildman–Crippen LogP) is 3.49. The van der Waals surface area contributed by atoms with E-state index in [2.05, 4.69) is 36.7 Å². The monoisotopic (exact) mass is 262 g/mol. The summed E-state index contributed by atoms with van der Waals surface area (Å²) in [6.45, 7) is 4.96. The van der Waals surface area contributed by atoms with Gasteiger partial charge in [0.1, 0.15) is 0 Å². The third-order valence-electron chi connectivity index (χ3n) is 2.80. The molecule has 2 aromatic heterocycles. The lowest BCUT2D eigenvalue weighted by atomic mass is 10.2. The van der Waals surface area contributed by atoms with Crippen molar-refractivity contribution in [3.63, 3.8) is 0 Å². The molecule has 96 valence electrons. The van der Waals surface area contributed by atoms with Crippen LogP contribution in [-0.2, 0) is 6.54 Å². The van der Waals surface area contributed by atoms with E-state index in [1.165, 1.54) is 4.88 Å². The SMILES string of the molecule is CCCn1cc(NC(C)c2cccs2)ccc1=O. The quantitative estimate of drug-likeness (QED) is 0.895. The summed E-state index contributed by atoms with van der Waals surface area (Å²) >= 11 is 1.74. The largest absolute Gasteiger partial charge is 0.377 e. The lowest BCUT2D eigenvalue weighted by Gasteiger charge is -2.15. The van der Waals surface area contributed by atoms with E-state index >= 15 is 0 Å². The molecule has 0 spiro atoms. The summed E-state index contributed by atoms with van der Waals surface area (Å²) in [5, 5.41) is 5.50. The van der Waals surface area contributed by atoms with Crippen LogP contribution in [0.25, 0.3) is 0 Å². The maximum atomic E-state index is 11.6. The average Bonchev–Trinajstić information content (AvgIpc) is 2.87. The number of hydrogen-bond acceptors (Lipinski definition) is 3. The molecule has 0 aliphatic carbocycles. The van der Waals surface area contributed by atoms with E-state index in [1.54, 1.807) is 22.0 Å². The third-order valence-corrected chi connectivity index (χ3v) is 3.86. The van der Waals surface area contributed by atoms with Crippen molar-refractivity contribution in [2.75, 3.05) is 5.32 Å². The second-order valence-electron chi connectivity index (χ2n) is 4.33. The fraction of sp³-hybridized carbons (Fsp3) is 0.357. The highest BCUT2D eigenvalue weighted by atomic mass is 32.1. The van der Waals surface area contributed by atoms with Gasteiger partial charge in [-0.3, -0.25) is 4.79 Å². The first-order chi connectivity index (χ1) is 8.70. The van der Waals surface area contributed by atoms with Crippen molar-refractivity contribution < 1.29 is 0 Å². The lowest BCUT2D eigenvalue weighted by molar-refractivity contribution is 0.654. The van der Waals surface area contributed by atoms with E-state index in [-0.39, 0.29) is 11.6 Å². The van der Waals surface area contributed by atoms with Gasteiger partial charge in [-0.2, -0.15) is 0 Å². The number of thiophene rings is 1. The van der Waals surface area contributed by atoms with E-state index in [1.807, 2.05) is 12.3 Å². The number of nitrogens with zero attached hydrogens (tertiary/aromatic N) is 1. The molecule has 2 aromatic rings. The van der Waals surface area contributed by atoms with Crippen LogP contribution in [0.3, 0.4) is 0 Å². The van der Waals surface area contributed by atoms with E-state index in [4.69, 9.17) is 0 Å².